The molecule has 2 aromatic rings. The molecule has 0 aliphatic heterocycles. The highest BCUT2D eigenvalue weighted by atomic mass is 35.5. The van der Waals surface area contributed by atoms with E-state index in [1.165, 1.54) is 6.08 Å². The fourth-order valence-corrected chi connectivity index (χ4v) is 2.52. The molecule has 2 rings (SSSR count). The smallest absolute Gasteiger partial charge is 0.250 e. The van der Waals surface area contributed by atoms with Crippen molar-refractivity contribution in [2.45, 2.75) is 13.3 Å². The van der Waals surface area contributed by atoms with Crippen LogP contribution in [-0.4, -0.2) is 24.0 Å². The number of rotatable bonds is 6. The molecular formula is C20H20ClN3O3S. The summed E-state index contributed by atoms with van der Waals surface area (Å²) < 4.78 is 5.09. The van der Waals surface area contributed by atoms with Gasteiger partial charge in [0.2, 0.25) is 11.8 Å². The Morgan fingerprint density at radius 2 is 1.86 bits per heavy atom. The Morgan fingerprint density at radius 3 is 2.50 bits per heavy atom. The Bertz CT molecular complexity index is 898. The molecule has 0 unspecified atom stereocenters. The van der Waals surface area contributed by atoms with Crippen molar-refractivity contribution in [3.8, 4) is 5.75 Å². The predicted molar refractivity (Wildman–Crippen MR) is 117 cm³/mol. The molecule has 0 bridgehead atoms. The van der Waals surface area contributed by atoms with Crippen molar-refractivity contribution in [2.24, 2.45) is 0 Å². The number of nitrogens with one attached hydrogen (secondary N) is 3. The average Bonchev–Trinajstić information content (AvgIpc) is 2.69. The largest absolute Gasteiger partial charge is 0.497 e. The summed E-state index contributed by atoms with van der Waals surface area (Å²) in [6.07, 6.45) is 3.39. The fraction of sp³-hybridized carbons (Fsp3) is 0.150. The molecule has 2 amide bonds. The van der Waals surface area contributed by atoms with Crippen LogP contribution in [-0.2, 0) is 9.59 Å². The summed E-state index contributed by atoms with van der Waals surface area (Å²) in [5.74, 6) is 0.230. The first-order valence-corrected chi connectivity index (χ1v) is 9.23. The summed E-state index contributed by atoms with van der Waals surface area (Å²) in [5, 5.41) is 8.62. The third kappa shape index (κ3) is 6.68. The number of anilines is 2. The summed E-state index contributed by atoms with van der Waals surface area (Å²) in [5.41, 5.74) is 1.89. The zero-order valence-electron chi connectivity index (χ0n) is 15.4. The van der Waals surface area contributed by atoms with Gasteiger partial charge >= 0.3 is 0 Å². The van der Waals surface area contributed by atoms with Gasteiger partial charge in [-0.3, -0.25) is 14.9 Å². The van der Waals surface area contributed by atoms with Crippen molar-refractivity contribution in [3.05, 3.63) is 59.1 Å². The van der Waals surface area contributed by atoms with E-state index in [-0.39, 0.29) is 16.9 Å². The van der Waals surface area contributed by atoms with E-state index in [0.29, 0.717) is 22.8 Å². The number of thiocarbonyl (C=S) groups is 1. The lowest BCUT2D eigenvalue weighted by atomic mass is 10.2. The second-order valence-corrected chi connectivity index (χ2v) is 6.46. The molecule has 0 spiro atoms. The lowest BCUT2D eigenvalue weighted by molar-refractivity contribution is -0.116. The molecule has 146 valence electrons. The number of amides is 2. The first-order valence-electron chi connectivity index (χ1n) is 8.44. The molecule has 0 aromatic heterocycles. The predicted octanol–water partition coefficient (Wildman–Crippen LogP) is 4.22. The van der Waals surface area contributed by atoms with Crippen LogP contribution in [0.25, 0.3) is 6.08 Å². The molecule has 0 atom stereocenters. The van der Waals surface area contributed by atoms with Gasteiger partial charge in [0.1, 0.15) is 5.75 Å². The minimum Gasteiger partial charge on any atom is -0.497 e. The van der Waals surface area contributed by atoms with E-state index in [1.807, 2.05) is 12.1 Å². The number of benzene rings is 2. The molecule has 2 aromatic carbocycles. The van der Waals surface area contributed by atoms with Gasteiger partial charge in [-0.2, -0.15) is 0 Å². The molecule has 0 aliphatic carbocycles. The third-order valence-electron chi connectivity index (χ3n) is 3.60. The second kappa shape index (κ2) is 10.4. The second-order valence-electron chi connectivity index (χ2n) is 5.65. The average molecular weight is 418 g/mol. The van der Waals surface area contributed by atoms with Crippen molar-refractivity contribution in [3.63, 3.8) is 0 Å². The Morgan fingerprint density at radius 1 is 1.14 bits per heavy atom. The van der Waals surface area contributed by atoms with Crippen LogP contribution in [0.5, 0.6) is 5.75 Å². The van der Waals surface area contributed by atoms with Crippen LogP contribution >= 0.6 is 23.8 Å². The van der Waals surface area contributed by atoms with E-state index in [1.54, 1.807) is 50.4 Å². The molecular weight excluding hydrogens is 398 g/mol. The van der Waals surface area contributed by atoms with Crippen LogP contribution in [0.15, 0.2) is 48.5 Å². The Balaban J connectivity index is 1.95. The summed E-state index contributed by atoms with van der Waals surface area (Å²) in [6, 6.07) is 12.2. The SMILES string of the molecule is CCC(=O)Nc1ccc(Cl)c(NC(=S)NC(=O)/C=C/c2ccc(OC)cc2)c1. The molecule has 0 saturated heterocycles. The van der Waals surface area contributed by atoms with Crippen molar-refractivity contribution < 1.29 is 14.3 Å². The van der Waals surface area contributed by atoms with Crippen LogP contribution in [0.4, 0.5) is 11.4 Å². The number of hydrogen-bond donors (Lipinski definition) is 3. The Hall–Kier alpha value is -2.90. The molecule has 8 heteroatoms. The van der Waals surface area contributed by atoms with E-state index in [2.05, 4.69) is 16.0 Å². The highest BCUT2D eigenvalue weighted by Gasteiger charge is 2.07. The van der Waals surface area contributed by atoms with Crippen molar-refractivity contribution in [2.75, 3.05) is 17.7 Å². The van der Waals surface area contributed by atoms with Gasteiger partial charge in [-0.05, 0) is 54.2 Å². The third-order valence-corrected chi connectivity index (χ3v) is 4.13. The maximum Gasteiger partial charge on any atom is 0.250 e. The molecule has 0 fully saturated rings. The normalized spacial score (nSPS) is 10.4. The van der Waals surface area contributed by atoms with Gasteiger partial charge in [-0.25, -0.2) is 0 Å². The van der Waals surface area contributed by atoms with E-state index >= 15 is 0 Å². The van der Waals surface area contributed by atoms with Crippen LogP contribution in [0.1, 0.15) is 18.9 Å². The van der Waals surface area contributed by atoms with Gasteiger partial charge in [-0.1, -0.05) is 30.7 Å². The molecule has 3 N–H and O–H groups in total. The van der Waals surface area contributed by atoms with Crippen molar-refractivity contribution >= 4 is 58.2 Å². The van der Waals surface area contributed by atoms with E-state index in [0.717, 1.165) is 11.3 Å². The number of methoxy groups -OCH3 is 1. The maximum absolute atomic E-state index is 12.0. The first-order chi connectivity index (χ1) is 13.4. The lowest BCUT2D eigenvalue weighted by Gasteiger charge is -2.12. The Kier molecular flexibility index (Phi) is 7.98. The highest BCUT2D eigenvalue weighted by Crippen LogP contribution is 2.25. The zero-order valence-corrected chi connectivity index (χ0v) is 17.0. The molecule has 0 heterocycles. The zero-order chi connectivity index (χ0) is 20.5. The highest BCUT2D eigenvalue weighted by molar-refractivity contribution is 7.80. The van der Waals surface area contributed by atoms with E-state index in [9.17, 15) is 9.59 Å². The van der Waals surface area contributed by atoms with Gasteiger partial charge in [0.25, 0.3) is 0 Å². The molecule has 28 heavy (non-hydrogen) atoms. The monoisotopic (exact) mass is 417 g/mol. The van der Waals surface area contributed by atoms with Gasteiger partial charge in [0.15, 0.2) is 5.11 Å². The standard InChI is InChI=1S/C20H20ClN3O3S/c1-3-18(25)22-14-7-10-16(21)17(12-14)23-20(28)24-19(26)11-6-13-4-8-15(27-2)9-5-13/h4-12H,3H2,1-2H3,(H,22,25)(H2,23,24,26,28)/b11-6+. The lowest BCUT2D eigenvalue weighted by Crippen LogP contribution is -2.32. The van der Waals surface area contributed by atoms with Crippen molar-refractivity contribution in [1.82, 2.24) is 5.32 Å². The minimum atomic E-state index is -0.389. The summed E-state index contributed by atoms with van der Waals surface area (Å²) in [4.78, 5) is 23.5. The van der Waals surface area contributed by atoms with E-state index < -0.39 is 0 Å². The van der Waals surface area contributed by atoms with Crippen LogP contribution in [0, 0.1) is 0 Å². The van der Waals surface area contributed by atoms with Crippen molar-refractivity contribution in [1.29, 1.82) is 0 Å². The van der Waals surface area contributed by atoms with Gasteiger partial charge in [0.05, 0.1) is 17.8 Å². The van der Waals surface area contributed by atoms with Gasteiger partial charge in [-0.15, -0.1) is 0 Å². The quantitative estimate of drug-likeness (QED) is 0.484. The summed E-state index contributed by atoms with van der Waals surface area (Å²) in [7, 11) is 1.59. The number of halogens is 1. The molecule has 0 saturated carbocycles. The molecule has 0 aliphatic rings. The van der Waals surface area contributed by atoms with Crippen LogP contribution < -0.4 is 20.7 Å². The fourth-order valence-electron chi connectivity index (χ4n) is 2.14. The number of ether oxygens (including phenoxy) is 1. The molecule has 0 radical (unpaired) electrons. The number of hydrogen-bond acceptors (Lipinski definition) is 4. The molecule has 6 nitrogen and oxygen atoms in total. The van der Waals surface area contributed by atoms with Crippen LogP contribution in [0.3, 0.4) is 0 Å². The minimum absolute atomic E-state index is 0.0882. The number of carbonyl (C=O) groups excluding carboxylic acids is 2. The number of carbonyl (C=O) groups is 2. The van der Waals surface area contributed by atoms with Gasteiger partial charge in [0, 0.05) is 18.2 Å². The van der Waals surface area contributed by atoms with E-state index in [4.69, 9.17) is 28.6 Å². The van der Waals surface area contributed by atoms with Crippen LogP contribution in [0.2, 0.25) is 5.02 Å². The topological polar surface area (TPSA) is 79.5 Å². The summed E-state index contributed by atoms with van der Waals surface area (Å²) in [6.45, 7) is 1.76. The van der Waals surface area contributed by atoms with Gasteiger partial charge < -0.3 is 15.4 Å². The maximum atomic E-state index is 12.0. The summed E-state index contributed by atoms with van der Waals surface area (Å²) >= 11 is 11.3. The first kappa shape index (κ1) is 21.4. The Labute approximate surface area is 173 Å².